The molecule has 4 rings (SSSR count). The number of nitrogens with one attached hydrogen (secondary N) is 1. The molecule has 1 amide bonds. The van der Waals surface area contributed by atoms with Crippen LogP contribution in [-0.2, 0) is 10.0 Å². The van der Waals surface area contributed by atoms with Crippen molar-refractivity contribution in [2.24, 2.45) is 0 Å². The fourth-order valence-electron chi connectivity index (χ4n) is 3.50. The lowest BCUT2D eigenvalue weighted by Gasteiger charge is -2.31. The number of hydrogen-bond donors (Lipinski definition) is 1. The molecule has 0 saturated heterocycles. The molecule has 1 aliphatic rings. The number of carbonyl (C=O) groups is 1. The van der Waals surface area contributed by atoms with Gasteiger partial charge in [0, 0.05) is 29.8 Å². The van der Waals surface area contributed by atoms with Crippen molar-refractivity contribution in [3.8, 4) is 11.1 Å². The van der Waals surface area contributed by atoms with Crippen LogP contribution in [0.5, 0.6) is 0 Å². The number of benzene rings is 3. The zero-order chi connectivity index (χ0) is 20.9. The van der Waals surface area contributed by atoms with Gasteiger partial charge in [0.1, 0.15) is 11.6 Å². The van der Waals surface area contributed by atoms with E-state index >= 15 is 0 Å². The van der Waals surface area contributed by atoms with Crippen LogP contribution in [0.15, 0.2) is 59.5 Å². The van der Waals surface area contributed by atoms with Crippen molar-refractivity contribution in [1.82, 2.24) is 0 Å². The second kappa shape index (κ2) is 6.66. The molecule has 0 radical (unpaired) electrons. The van der Waals surface area contributed by atoms with Crippen LogP contribution in [0.25, 0.3) is 11.1 Å². The van der Waals surface area contributed by atoms with Gasteiger partial charge in [-0.25, -0.2) is 17.2 Å². The van der Waals surface area contributed by atoms with Gasteiger partial charge in [-0.15, -0.1) is 0 Å². The van der Waals surface area contributed by atoms with Crippen molar-refractivity contribution in [1.29, 1.82) is 0 Å². The van der Waals surface area contributed by atoms with E-state index in [2.05, 4.69) is 5.32 Å². The number of nitrogens with zero attached hydrogens (tertiary/aromatic N) is 1. The average Bonchev–Trinajstić information content (AvgIpc) is 2.68. The molecule has 1 N–H and O–H groups in total. The number of rotatable bonds is 2. The van der Waals surface area contributed by atoms with Crippen LogP contribution in [0.3, 0.4) is 0 Å². The summed E-state index contributed by atoms with van der Waals surface area (Å²) in [7, 11) is -2.24. The maximum Gasteiger partial charge on any atom is 0.264 e. The summed E-state index contributed by atoms with van der Waals surface area (Å²) in [6, 6.07) is 12.5. The summed E-state index contributed by atoms with van der Waals surface area (Å²) in [6.07, 6.45) is 0. The minimum atomic E-state index is -3.70. The van der Waals surface area contributed by atoms with Gasteiger partial charge in [0.25, 0.3) is 15.9 Å². The van der Waals surface area contributed by atoms with Crippen molar-refractivity contribution in [3.63, 3.8) is 0 Å². The zero-order valence-corrected chi connectivity index (χ0v) is 16.3. The van der Waals surface area contributed by atoms with Crippen LogP contribution < -0.4 is 9.62 Å². The molecule has 1 heterocycles. The van der Waals surface area contributed by atoms with Gasteiger partial charge in [-0.2, -0.15) is 0 Å². The molecule has 3 aromatic rings. The van der Waals surface area contributed by atoms with E-state index in [4.69, 9.17) is 0 Å². The Morgan fingerprint density at radius 2 is 1.72 bits per heavy atom. The van der Waals surface area contributed by atoms with Gasteiger partial charge in [0.15, 0.2) is 0 Å². The van der Waals surface area contributed by atoms with Gasteiger partial charge >= 0.3 is 0 Å². The lowest BCUT2D eigenvalue weighted by atomic mass is 9.96. The lowest BCUT2D eigenvalue weighted by Crippen LogP contribution is -2.31. The average molecular weight is 414 g/mol. The third-order valence-electron chi connectivity index (χ3n) is 4.87. The zero-order valence-electron chi connectivity index (χ0n) is 15.5. The molecule has 0 atom stereocenters. The van der Waals surface area contributed by atoms with E-state index in [-0.39, 0.29) is 16.1 Å². The summed E-state index contributed by atoms with van der Waals surface area (Å²) < 4.78 is 53.8. The number of aryl methyl sites for hydroxylation is 1. The van der Waals surface area contributed by atoms with Crippen LogP contribution in [-0.4, -0.2) is 21.4 Å². The molecule has 0 saturated carbocycles. The van der Waals surface area contributed by atoms with Crippen LogP contribution >= 0.6 is 0 Å². The Bertz CT molecular complexity index is 1270. The second-order valence-corrected chi connectivity index (χ2v) is 8.67. The molecule has 0 aromatic heterocycles. The number of sulfonamides is 1. The molecule has 8 heteroatoms. The molecule has 0 bridgehead atoms. The van der Waals surface area contributed by atoms with Crippen molar-refractivity contribution < 1.29 is 22.0 Å². The number of fused-ring (bicyclic) bond motifs is 3. The Balaban J connectivity index is 1.82. The summed E-state index contributed by atoms with van der Waals surface area (Å²) in [5.74, 6) is -2.22. The number of halogens is 2. The maximum absolute atomic E-state index is 13.9. The fraction of sp³-hybridized carbons (Fsp3) is 0.0952. The molecule has 0 unspecified atom stereocenters. The third-order valence-corrected chi connectivity index (χ3v) is 6.69. The van der Waals surface area contributed by atoms with Crippen LogP contribution in [0.1, 0.15) is 15.9 Å². The summed E-state index contributed by atoms with van der Waals surface area (Å²) >= 11 is 0. The highest BCUT2D eigenvalue weighted by molar-refractivity contribution is 7.93. The van der Waals surface area contributed by atoms with Crippen molar-refractivity contribution in [3.05, 3.63) is 77.4 Å². The highest BCUT2D eigenvalue weighted by Gasteiger charge is 2.34. The van der Waals surface area contributed by atoms with Crippen molar-refractivity contribution in [2.75, 3.05) is 16.7 Å². The Kier molecular flexibility index (Phi) is 4.38. The van der Waals surface area contributed by atoms with E-state index in [0.717, 1.165) is 12.1 Å². The second-order valence-electron chi connectivity index (χ2n) is 6.74. The minimum Gasteiger partial charge on any atom is -0.319 e. The topological polar surface area (TPSA) is 66.5 Å². The predicted molar refractivity (Wildman–Crippen MR) is 107 cm³/mol. The Hall–Kier alpha value is -3.26. The Morgan fingerprint density at radius 3 is 2.45 bits per heavy atom. The number of anilines is 2. The van der Waals surface area contributed by atoms with Gasteiger partial charge in [0.05, 0.1) is 16.3 Å². The first-order valence-corrected chi connectivity index (χ1v) is 10.1. The number of amides is 1. The first-order chi connectivity index (χ1) is 13.7. The molecule has 0 aliphatic carbocycles. The first-order valence-electron chi connectivity index (χ1n) is 8.69. The highest BCUT2D eigenvalue weighted by Crippen LogP contribution is 2.44. The third kappa shape index (κ3) is 3.05. The lowest BCUT2D eigenvalue weighted by molar-refractivity contribution is 0.102. The van der Waals surface area contributed by atoms with E-state index in [0.29, 0.717) is 28.4 Å². The van der Waals surface area contributed by atoms with Crippen molar-refractivity contribution in [2.45, 2.75) is 11.8 Å². The summed E-state index contributed by atoms with van der Waals surface area (Å²) in [5, 5.41) is 2.43. The van der Waals surface area contributed by atoms with Crippen LogP contribution in [0, 0.1) is 18.6 Å². The SMILES string of the molecule is Cc1cc(C(=O)Nc2ccc(F)cc2F)cc2c1N(C)S(=O)(=O)c1ccccc1-2. The van der Waals surface area contributed by atoms with Crippen LogP contribution in [0.2, 0.25) is 0 Å². The van der Waals surface area contributed by atoms with Gasteiger partial charge < -0.3 is 5.32 Å². The van der Waals surface area contributed by atoms with Gasteiger partial charge in [0.2, 0.25) is 0 Å². The molecular formula is C21H16F2N2O3S. The van der Waals surface area contributed by atoms with E-state index in [1.165, 1.54) is 23.5 Å². The standard InChI is InChI=1S/C21H16F2N2O3S/c1-12-9-13(21(26)24-18-8-7-14(22)11-17(18)23)10-16-15-5-3-4-6-19(15)29(27,28)25(2)20(12)16/h3-11H,1-2H3,(H,24,26). The van der Waals surface area contributed by atoms with Gasteiger partial charge in [-0.05, 0) is 42.8 Å². The largest absolute Gasteiger partial charge is 0.319 e. The predicted octanol–water partition coefficient (Wildman–Crippen LogP) is 4.33. The van der Waals surface area contributed by atoms with Crippen LogP contribution in [0.4, 0.5) is 20.2 Å². The molecule has 0 spiro atoms. The van der Waals surface area contributed by atoms with Gasteiger partial charge in [-0.1, -0.05) is 18.2 Å². The summed E-state index contributed by atoms with van der Waals surface area (Å²) in [4.78, 5) is 12.9. The molecule has 29 heavy (non-hydrogen) atoms. The molecule has 1 aliphatic heterocycles. The van der Waals surface area contributed by atoms with Crippen molar-refractivity contribution >= 4 is 27.3 Å². The number of hydrogen-bond acceptors (Lipinski definition) is 3. The summed E-state index contributed by atoms with van der Waals surface area (Å²) in [6.45, 7) is 1.70. The quantitative estimate of drug-likeness (QED) is 0.679. The van der Waals surface area contributed by atoms with E-state index in [1.54, 1.807) is 31.2 Å². The smallest absolute Gasteiger partial charge is 0.264 e. The molecule has 5 nitrogen and oxygen atoms in total. The molecule has 0 fully saturated rings. The summed E-state index contributed by atoms with van der Waals surface area (Å²) in [5.41, 5.74) is 2.22. The van der Waals surface area contributed by atoms with E-state index in [1.807, 2.05) is 0 Å². The normalized spacial score (nSPS) is 14.1. The fourth-order valence-corrected chi connectivity index (χ4v) is 4.99. The minimum absolute atomic E-state index is 0.146. The molecule has 3 aromatic carbocycles. The first kappa shape index (κ1) is 19.1. The number of carbonyl (C=O) groups excluding carboxylic acids is 1. The van der Waals surface area contributed by atoms with E-state index < -0.39 is 27.6 Å². The monoisotopic (exact) mass is 414 g/mol. The van der Waals surface area contributed by atoms with E-state index in [9.17, 15) is 22.0 Å². The van der Waals surface area contributed by atoms with Gasteiger partial charge in [-0.3, -0.25) is 9.10 Å². The molecular weight excluding hydrogens is 398 g/mol. The highest BCUT2D eigenvalue weighted by atomic mass is 32.2. The molecule has 148 valence electrons. The Morgan fingerprint density at radius 1 is 1.00 bits per heavy atom. The maximum atomic E-state index is 13.9. The Labute approximate surface area is 166 Å².